The second-order valence-electron chi connectivity index (χ2n) is 6.78. The van der Waals surface area contributed by atoms with E-state index in [9.17, 15) is 0 Å². The molecule has 1 aliphatic heterocycles. The Labute approximate surface area is 155 Å². The molecule has 128 valence electrons. The Morgan fingerprint density at radius 1 is 1.04 bits per heavy atom. The van der Waals surface area contributed by atoms with Crippen molar-refractivity contribution in [1.82, 2.24) is 0 Å². The van der Waals surface area contributed by atoms with Gasteiger partial charge in [0.2, 0.25) is 0 Å². The number of aryl methyl sites for hydroxylation is 1. The van der Waals surface area contributed by atoms with E-state index in [2.05, 4.69) is 44.3 Å². The molecule has 0 radical (unpaired) electrons. The zero-order valence-corrected chi connectivity index (χ0v) is 16.3. The van der Waals surface area contributed by atoms with Gasteiger partial charge in [-0.1, -0.05) is 32.3 Å². The van der Waals surface area contributed by atoms with E-state index in [0.717, 1.165) is 16.1 Å². The van der Waals surface area contributed by atoms with Gasteiger partial charge in [-0.2, -0.15) is 0 Å². The van der Waals surface area contributed by atoms with Crippen molar-refractivity contribution in [3.63, 3.8) is 0 Å². The first-order valence-electron chi connectivity index (χ1n) is 8.19. The molecule has 0 saturated heterocycles. The minimum atomic E-state index is -0.0908. The predicted molar refractivity (Wildman–Crippen MR) is 107 cm³/mol. The van der Waals surface area contributed by atoms with Crippen LogP contribution in [0, 0.1) is 6.92 Å². The lowest BCUT2D eigenvalue weighted by atomic mass is 9.89. The van der Waals surface area contributed by atoms with Crippen LogP contribution in [0.4, 0.5) is 11.4 Å². The van der Waals surface area contributed by atoms with Gasteiger partial charge in [0.25, 0.3) is 0 Å². The maximum atomic E-state index is 5.24. The van der Waals surface area contributed by atoms with Crippen molar-refractivity contribution in [2.45, 2.75) is 26.3 Å². The lowest BCUT2D eigenvalue weighted by molar-refractivity contribution is 0.415. The average molecular weight is 369 g/mol. The topological polar surface area (TPSA) is 33.6 Å². The molecule has 4 rings (SSSR count). The highest BCUT2D eigenvalue weighted by Gasteiger charge is 2.33. The third kappa shape index (κ3) is 2.87. The number of hydrogen-bond donors (Lipinski definition) is 1. The fraction of sp³-hybridized carbons (Fsp3) is 0.250. The largest absolute Gasteiger partial charge is 0.497 e. The molecule has 0 amide bonds. The molecule has 0 fully saturated rings. The van der Waals surface area contributed by atoms with Crippen molar-refractivity contribution in [3.8, 4) is 16.9 Å². The van der Waals surface area contributed by atoms with Gasteiger partial charge in [0.15, 0.2) is 0 Å². The van der Waals surface area contributed by atoms with Crippen LogP contribution < -0.4 is 14.7 Å². The van der Waals surface area contributed by atoms with Crippen LogP contribution in [0.5, 0.6) is 5.75 Å². The number of anilines is 1. The van der Waals surface area contributed by atoms with E-state index in [1.165, 1.54) is 27.3 Å². The molecular weight excluding hydrogens is 348 g/mol. The SMILES string of the molecule is COc1ccc(N=c2ssc3c2-c2cc(C)ccc2NC3(C)C)cc1. The van der Waals surface area contributed by atoms with E-state index in [1.807, 2.05) is 34.6 Å². The van der Waals surface area contributed by atoms with E-state index >= 15 is 0 Å². The summed E-state index contributed by atoms with van der Waals surface area (Å²) in [6, 6.07) is 14.5. The lowest BCUT2D eigenvalue weighted by Crippen LogP contribution is -2.31. The smallest absolute Gasteiger partial charge is 0.135 e. The number of nitrogens with one attached hydrogen (secondary N) is 1. The molecule has 2 heterocycles. The molecule has 0 saturated carbocycles. The van der Waals surface area contributed by atoms with Crippen molar-refractivity contribution in [2.24, 2.45) is 4.99 Å². The third-order valence-corrected chi connectivity index (χ3v) is 7.05. The Hall–Kier alpha value is -2.11. The van der Waals surface area contributed by atoms with E-state index in [0.29, 0.717) is 0 Å². The van der Waals surface area contributed by atoms with E-state index in [1.54, 1.807) is 17.5 Å². The molecule has 2 aromatic carbocycles. The summed E-state index contributed by atoms with van der Waals surface area (Å²) in [5.74, 6) is 0.848. The van der Waals surface area contributed by atoms with Crippen LogP contribution in [0.1, 0.15) is 24.3 Å². The zero-order chi connectivity index (χ0) is 17.6. The molecule has 0 atom stereocenters. The van der Waals surface area contributed by atoms with Gasteiger partial charge >= 0.3 is 0 Å². The van der Waals surface area contributed by atoms with Crippen LogP contribution in [0.25, 0.3) is 11.1 Å². The fourth-order valence-electron chi connectivity index (χ4n) is 3.13. The maximum absolute atomic E-state index is 5.24. The second kappa shape index (κ2) is 6.00. The first-order valence-corrected chi connectivity index (χ1v) is 10.3. The number of methoxy groups -OCH3 is 1. The normalized spacial score (nSPS) is 15.3. The van der Waals surface area contributed by atoms with E-state index in [4.69, 9.17) is 9.73 Å². The Balaban J connectivity index is 1.93. The molecule has 3 aromatic rings. The summed E-state index contributed by atoms with van der Waals surface area (Å²) in [6.07, 6.45) is 0. The minimum Gasteiger partial charge on any atom is -0.497 e. The summed E-state index contributed by atoms with van der Waals surface area (Å²) in [6.45, 7) is 6.60. The Kier molecular flexibility index (Phi) is 3.93. The molecule has 0 unspecified atom stereocenters. The monoisotopic (exact) mass is 368 g/mol. The van der Waals surface area contributed by atoms with E-state index in [-0.39, 0.29) is 5.54 Å². The maximum Gasteiger partial charge on any atom is 0.135 e. The Bertz CT molecular complexity index is 997. The van der Waals surface area contributed by atoms with Gasteiger partial charge in [0.05, 0.1) is 23.2 Å². The molecular formula is C20H20N2OS2. The number of rotatable bonds is 2. The highest BCUT2D eigenvalue weighted by atomic mass is 32.9. The Morgan fingerprint density at radius 3 is 2.52 bits per heavy atom. The van der Waals surface area contributed by atoms with Gasteiger partial charge in [-0.25, -0.2) is 4.99 Å². The fourth-order valence-corrected chi connectivity index (χ4v) is 6.07. The average Bonchev–Trinajstić information content (AvgIpc) is 3.01. The van der Waals surface area contributed by atoms with Crippen LogP contribution in [0.2, 0.25) is 0 Å². The first kappa shape index (κ1) is 16.4. The summed E-state index contributed by atoms with van der Waals surface area (Å²) in [5, 5.41) is 3.67. The molecule has 5 heteroatoms. The van der Waals surface area contributed by atoms with Gasteiger partial charge in [-0.3, -0.25) is 0 Å². The highest BCUT2D eigenvalue weighted by molar-refractivity contribution is 7.68. The minimum absolute atomic E-state index is 0.0908. The number of benzene rings is 2. The van der Waals surface area contributed by atoms with Gasteiger partial charge in [-0.15, -0.1) is 0 Å². The van der Waals surface area contributed by atoms with E-state index < -0.39 is 0 Å². The molecule has 0 aliphatic carbocycles. The first-order chi connectivity index (χ1) is 12.0. The summed E-state index contributed by atoms with van der Waals surface area (Å²) in [5.41, 5.74) is 5.82. The van der Waals surface area contributed by atoms with Crippen LogP contribution in [-0.2, 0) is 5.54 Å². The standard InChI is InChI=1S/C20H20N2OS2/c1-12-5-10-16-15(11-12)17-18(20(2,3)22-16)24-25-19(17)21-13-6-8-14(23-4)9-7-13/h5-11,22H,1-4H3. The van der Waals surface area contributed by atoms with Crippen molar-refractivity contribution in [3.05, 3.63) is 57.6 Å². The lowest BCUT2D eigenvalue weighted by Gasteiger charge is -2.33. The van der Waals surface area contributed by atoms with Crippen LogP contribution in [-0.4, -0.2) is 7.11 Å². The summed E-state index contributed by atoms with van der Waals surface area (Å²) in [7, 11) is 5.24. The summed E-state index contributed by atoms with van der Waals surface area (Å²) >= 11 is 0. The van der Waals surface area contributed by atoms with Crippen molar-refractivity contribution in [2.75, 3.05) is 12.4 Å². The van der Waals surface area contributed by atoms with Crippen LogP contribution in [0.15, 0.2) is 47.5 Å². The number of hydrogen-bond acceptors (Lipinski definition) is 5. The quantitative estimate of drug-likeness (QED) is 0.590. The third-order valence-electron chi connectivity index (χ3n) is 4.41. The molecule has 0 bridgehead atoms. The predicted octanol–water partition coefficient (Wildman–Crippen LogP) is 5.69. The molecule has 25 heavy (non-hydrogen) atoms. The summed E-state index contributed by atoms with van der Waals surface area (Å²) in [4.78, 5) is 6.28. The van der Waals surface area contributed by atoms with Crippen molar-refractivity contribution < 1.29 is 4.74 Å². The molecule has 1 N–H and O–H groups in total. The van der Waals surface area contributed by atoms with Gasteiger partial charge in [0.1, 0.15) is 10.4 Å². The molecule has 3 nitrogen and oxygen atoms in total. The van der Waals surface area contributed by atoms with Crippen molar-refractivity contribution >= 4 is 32.1 Å². The highest BCUT2D eigenvalue weighted by Crippen LogP contribution is 2.45. The number of nitrogens with zero attached hydrogens (tertiary/aromatic N) is 1. The van der Waals surface area contributed by atoms with Crippen LogP contribution >= 0.6 is 20.7 Å². The molecule has 1 aromatic heterocycles. The van der Waals surface area contributed by atoms with Gasteiger partial charge in [0, 0.05) is 16.8 Å². The number of ether oxygens (including phenoxy) is 1. The van der Waals surface area contributed by atoms with Gasteiger partial charge in [-0.05, 0) is 57.2 Å². The zero-order valence-electron chi connectivity index (χ0n) is 14.7. The van der Waals surface area contributed by atoms with Crippen molar-refractivity contribution in [1.29, 1.82) is 0 Å². The van der Waals surface area contributed by atoms with Gasteiger partial charge < -0.3 is 10.1 Å². The molecule has 1 aliphatic rings. The molecule has 0 spiro atoms. The second-order valence-corrected chi connectivity index (χ2v) is 8.91. The number of fused-ring (bicyclic) bond motifs is 3. The van der Waals surface area contributed by atoms with Crippen LogP contribution in [0.3, 0.4) is 0 Å². The Morgan fingerprint density at radius 2 is 1.80 bits per heavy atom. The summed E-state index contributed by atoms with van der Waals surface area (Å²) < 4.78 is 6.31.